The number of rotatable bonds is 8. The Morgan fingerprint density at radius 2 is 2.08 bits per heavy atom. The van der Waals surface area contributed by atoms with Gasteiger partial charge < -0.3 is 15.2 Å². The number of aliphatic carboxylic acids is 1. The Labute approximate surface area is 141 Å². The number of hydrazine groups is 1. The smallest absolute Gasteiger partial charge is 0.326 e. The van der Waals surface area contributed by atoms with E-state index in [0.717, 1.165) is 24.2 Å². The summed E-state index contributed by atoms with van der Waals surface area (Å²) in [4.78, 5) is 23.9. The van der Waals surface area contributed by atoms with Crippen molar-refractivity contribution in [2.24, 2.45) is 5.92 Å². The summed E-state index contributed by atoms with van der Waals surface area (Å²) in [6, 6.07) is 6.42. The van der Waals surface area contributed by atoms with Gasteiger partial charge in [0.25, 0.3) is 0 Å². The minimum Gasteiger partial charge on any atom is -0.497 e. The highest BCUT2D eigenvalue weighted by Crippen LogP contribution is 2.26. The van der Waals surface area contributed by atoms with E-state index in [-0.39, 0.29) is 17.9 Å². The van der Waals surface area contributed by atoms with Crippen molar-refractivity contribution in [3.8, 4) is 5.75 Å². The molecule has 0 saturated carbocycles. The van der Waals surface area contributed by atoms with Crippen LogP contribution in [0, 0.1) is 5.92 Å². The zero-order valence-corrected chi connectivity index (χ0v) is 14.0. The number of nitrogens with one attached hydrogen (secondary N) is 3. The molecule has 1 aromatic carbocycles. The fourth-order valence-corrected chi connectivity index (χ4v) is 2.81. The minimum absolute atomic E-state index is 0.212. The van der Waals surface area contributed by atoms with Crippen LogP contribution in [0.3, 0.4) is 0 Å². The number of carboxylic acids is 1. The molecule has 24 heavy (non-hydrogen) atoms. The number of methoxy groups -OCH3 is 1. The van der Waals surface area contributed by atoms with Crippen LogP contribution >= 0.6 is 0 Å². The van der Waals surface area contributed by atoms with Crippen LogP contribution in [-0.2, 0) is 9.59 Å². The molecule has 3 atom stereocenters. The van der Waals surface area contributed by atoms with E-state index in [1.54, 1.807) is 7.11 Å². The zero-order chi connectivity index (χ0) is 17.5. The molecule has 0 aromatic heterocycles. The molecule has 1 amide bonds. The highest BCUT2D eigenvalue weighted by atomic mass is 16.5. The third-order valence-electron chi connectivity index (χ3n) is 4.25. The van der Waals surface area contributed by atoms with Crippen LogP contribution < -0.4 is 20.9 Å². The number of carbonyl (C=O) groups excluding carboxylic acids is 1. The maximum absolute atomic E-state index is 12.6. The van der Waals surface area contributed by atoms with E-state index in [2.05, 4.69) is 16.2 Å². The topological polar surface area (TPSA) is 99.7 Å². The highest BCUT2D eigenvalue weighted by Gasteiger charge is 2.35. The second-order valence-corrected chi connectivity index (χ2v) is 5.92. The third kappa shape index (κ3) is 4.46. The van der Waals surface area contributed by atoms with Gasteiger partial charge in [-0.3, -0.25) is 10.2 Å². The molecule has 132 valence electrons. The SMILES string of the molecule is CCCCC(NC(=O)C1CNNC1c1ccc(OC)cc1)C(=O)O. The first-order valence-electron chi connectivity index (χ1n) is 8.22. The van der Waals surface area contributed by atoms with Crippen molar-refractivity contribution < 1.29 is 19.4 Å². The van der Waals surface area contributed by atoms with Gasteiger partial charge in [-0.15, -0.1) is 0 Å². The summed E-state index contributed by atoms with van der Waals surface area (Å²) in [6.07, 6.45) is 2.10. The standard InChI is InChI=1S/C17H25N3O4/c1-3-4-5-14(17(22)23)19-16(21)13-10-18-20-15(13)11-6-8-12(24-2)9-7-11/h6-9,13-15,18,20H,3-5,10H2,1-2H3,(H,19,21)(H,22,23). The monoisotopic (exact) mass is 335 g/mol. The van der Waals surface area contributed by atoms with E-state index in [1.165, 1.54) is 0 Å². The fraction of sp³-hybridized carbons (Fsp3) is 0.529. The number of carboxylic acid groups (broad SMARTS) is 1. The lowest BCUT2D eigenvalue weighted by Gasteiger charge is -2.21. The molecule has 0 aliphatic carbocycles. The lowest BCUT2D eigenvalue weighted by atomic mass is 9.93. The highest BCUT2D eigenvalue weighted by molar-refractivity contribution is 5.85. The molecular formula is C17H25N3O4. The van der Waals surface area contributed by atoms with Crippen LogP contribution in [-0.4, -0.2) is 36.7 Å². The Hall–Kier alpha value is -2.12. The van der Waals surface area contributed by atoms with Crippen LogP contribution in [0.25, 0.3) is 0 Å². The summed E-state index contributed by atoms with van der Waals surface area (Å²) >= 11 is 0. The van der Waals surface area contributed by atoms with E-state index in [4.69, 9.17) is 4.74 Å². The predicted molar refractivity (Wildman–Crippen MR) is 89.5 cm³/mol. The molecule has 1 aliphatic heterocycles. The quantitative estimate of drug-likeness (QED) is 0.570. The van der Waals surface area contributed by atoms with Crippen LogP contribution in [0.4, 0.5) is 0 Å². The molecule has 4 N–H and O–H groups in total. The van der Waals surface area contributed by atoms with Crippen molar-refractivity contribution in [2.45, 2.75) is 38.3 Å². The third-order valence-corrected chi connectivity index (χ3v) is 4.25. The number of hydrogen-bond acceptors (Lipinski definition) is 5. The van der Waals surface area contributed by atoms with Crippen LogP contribution in [0.15, 0.2) is 24.3 Å². The van der Waals surface area contributed by atoms with E-state index < -0.39 is 12.0 Å². The van der Waals surface area contributed by atoms with Gasteiger partial charge in [-0.2, -0.15) is 0 Å². The van der Waals surface area contributed by atoms with E-state index in [9.17, 15) is 14.7 Å². The molecule has 0 bridgehead atoms. The summed E-state index contributed by atoms with van der Waals surface area (Å²) in [5.74, 6) is -0.869. The van der Waals surface area contributed by atoms with Crippen molar-refractivity contribution in [3.63, 3.8) is 0 Å². The summed E-state index contributed by atoms with van der Waals surface area (Å²) in [7, 11) is 1.60. The molecular weight excluding hydrogens is 310 g/mol. The second kappa shape index (κ2) is 8.65. The predicted octanol–water partition coefficient (Wildman–Crippen LogP) is 1.22. The molecule has 1 saturated heterocycles. The van der Waals surface area contributed by atoms with Crippen molar-refractivity contribution in [3.05, 3.63) is 29.8 Å². The van der Waals surface area contributed by atoms with E-state index >= 15 is 0 Å². The summed E-state index contributed by atoms with van der Waals surface area (Å²) < 4.78 is 5.14. The number of ether oxygens (including phenoxy) is 1. The van der Waals surface area contributed by atoms with Crippen LogP contribution in [0.2, 0.25) is 0 Å². The molecule has 0 spiro atoms. The molecule has 0 radical (unpaired) electrons. The summed E-state index contributed by atoms with van der Waals surface area (Å²) in [5, 5.41) is 11.9. The Balaban J connectivity index is 2.05. The van der Waals surface area contributed by atoms with Gasteiger partial charge in [0.15, 0.2) is 0 Å². The average molecular weight is 335 g/mol. The summed E-state index contributed by atoms with van der Waals surface area (Å²) in [5.41, 5.74) is 7.02. The lowest BCUT2D eigenvalue weighted by Crippen LogP contribution is -2.45. The molecule has 1 aromatic rings. The van der Waals surface area contributed by atoms with Gasteiger partial charge in [0.1, 0.15) is 11.8 Å². The van der Waals surface area contributed by atoms with Gasteiger partial charge in [0.2, 0.25) is 5.91 Å². The molecule has 1 aliphatic rings. The maximum atomic E-state index is 12.6. The molecule has 2 rings (SSSR count). The second-order valence-electron chi connectivity index (χ2n) is 5.92. The molecule has 3 unspecified atom stereocenters. The van der Waals surface area contributed by atoms with Crippen molar-refractivity contribution in [1.82, 2.24) is 16.2 Å². The van der Waals surface area contributed by atoms with Crippen LogP contribution in [0.5, 0.6) is 5.75 Å². The first kappa shape index (κ1) is 18.2. The molecule has 7 nitrogen and oxygen atoms in total. The normalized spacial score (nSPS) is 21.2. The van der Waals surface area contributed by atoms with Gasteiger partial charge in [-0.05, 0) is 24.1 Å². The molecule has 7 heteroatoms. The first-order chi connectivity index (χ1) is 11.6. The average Bonchev–Trinajstić information content (AvgIpc) is 3.08. The number of unbranched alkanes of at least 4 members (excludes halogenated alkanes) is 1. The Morgan fingerprint density at radius 1 is 1.38 bits per heavy atom. The first-order valence-corrected chi connectivity index (χ1v) is 8.22. The Kier molecular flexibility index (Phi) is 6.57. The van der Waals surface area contributed by atoms with Gasteiger partial charge in [0.05, 0.1) is 19.1 Å². The van der Waals surface area contributed by atoms with E-state index in [0.29, 0.717) is 13.0 Å². The van der Waals surface area contributed by atoms with Gasteiger partial charge in [0, 0.05) is 6.54 Å². The maximum Gasteiger partial charge on any atom is 0.326 e. The lowest BCUT2D eigenvalue weighted by molar-refractivity contribution is -0.142. The van der Waals surface area contributed by atoms with Crippen LogP contribution in [0.1, 0.15) is 37.8 Å². The van der Waals surface area contributed by atoms with E-state index in [1.807, 2.05) is 31.2 Å². The summed E-state index contributed by atoms with van der Waals surface area (Å²) in [6.45, 7) is 2.44. The number of hydrogen-bond donors (Lipinski definition) is 4. The van der Waals surface area contributed by atoms with Crippen molar-refractivity contribution >= 4 is 11.9 Å². The Bertz CT molecular complexity index is 561. The largest absolute Gasteiger partial charge is 0.497 e. The Morgan fingerprint density at radius 3 is 2.67 bits per heavy atom. The molecule has 1 heterocycles. The number of amides is 1. The van der Waals surface area contributed by atoms with Crippen molar-refractivity contribution in [2.75, 3.05) is 13.7 Å². The zero-order valence-electron chi connectivity index (χ0n) is 14.0. The van der Waals surface area contributed by atoms with Gasteiger partial charge in [-0.1, -0.05) is 31.9 Å². The van der Waals surface area contributed by atoms with Gasteiger partial charge in [-0.25, -0.2) is 10.2 Å². The number of benzene rings is 1. The van der Waals surface area contributed by atoms with Gasteiger partial charge >= 0.3 is 5.97 Å². The number of carbonyl (C=O) groups is 2. The molecule has 1 fully saturated rings. The minimum atomic E-state index is -0.989. The van der Waals surface area contributed by atoms with Crippen molar-refractivity contribution in [1.29, 1.82) is 0 Å². The fourth-order valence-electron chi connectivity index (χ4n) is 2.81.